The number of rotatable bonds is 6. The van der Waals surface area contributed by atoms with Gasteiger partial charge in [-0.1, -0.05) is 29.8 Å². The Morgan fingerprint density at radius 3 is 2.94 bits per heavy atom. The quantitative estimate of drug-likeness (QED) is 0.622. The Bertz CT molecular complexity index is 1070. The lowest BCUT2D eigenvalue weighted by Gasteiger charge is -2.27. The van der Waals surface area contributed by atoms with Crippen LogP contribution in [0.3, 0.4) is 0 Å². The number of ether oxygens (including phenoxy) is 1. The Hall–Kier alpha value is -2.57. The van der Waals surface area contributed by atoms with E-state index in [-0.39, 0.29) is 12.5 Å². The summed E-state index contributed by atoms with van der Waals surface area (Å²) >= 11 is 6.20. The number of nitrogens with zero attached hydrogens (tertiary/aromatic N) is 3. The lowest BCUT2D eigenvalue weighted by Crippen LogP contribution is -2.38. The van der Waals surface area contributed by atoms with Gasteiger partial charge in [0, 0.05) is 26.1 Å². The van der Waals surface area contributed by atoms with Gasteiger partial charge in [-0.25, -0.2) is 4.98 Å². The van der Waals surface area contributed by atoms with Crippen molar-refractivity contribution in [1.29, 1.82) is 0 Å². The van der Waals surface area contributed by atoms with Crippen LogP contribution in [0.2, 0.25) is 5.02 Å². The van der Waals surface area contributed by atoms with Gasteiger partial charge < -0.3 is 19.3 Å². The van der Waals surface area contributed by atoms with Gasteiger partial charge in [-0.3, -0.25) is 4.79 Å². The van der Waals surface area contributed by atoms with Gasteiger partial charge in [-0.05, 0) is 56.0 Å². The summed E-state index contributed by atoms with van der Waals surface area (Å²) in [7, 11) is 0. The highest BCUT2D eigenvalue weighted by Gasteiger charge is 2.32. The molecule has 1 fully saturated rings. The Kier molecular flexibility index (Phi) is 6.49. The number of likely N-dealkylation sites (tertiary alicyclic amines) is 1. The second-order valence-corrected chi connectivity index (χ2v) is 8.77. The molecule has 6 nitrogen and oxygen atoms in total. The molecule has 1 aliphatic heterocycles. The topological polar surface area (TPSA) is 67.6 Å². The largest absolute Gasteiger partial charge is 0.489 e. The van der Waals surface area contributed by atoms with E-state index in [9.17, 15) is 9.90 Å². The predicted octanol–water partition coefficient (Wildman–Crippen LogP) is 4.21. The maximum Gasteiger partial charge on any atom is 0.224 e. The molecule has 1 aromatic heterocycles. The first-order valence-electron chi connectivity index (χ1n) is 10.7. The molecule has 7 heteroatoms. The highest BCUT2D eigenvalue weighted by Crippen LogP contribution is 2.29. The number of carbonyl (C=O) groups excluding carboxylic acids is 1. The molecule has 31 heavy (non-hydrogen) atoms. The van der Waals surface area contributed by atoms with Crippen LogP contribution in [-0.2, 0) is 11.3 Å². The van der Waals surface area contributed by atoms with Crippen LogP contribution in [0, 0.1) is 6.92 Å². The van der Waals surface area contributed by atoms with Crippen LogP contribution < -0.4 is 4.74 Å². The van der Waals surface area contributed by atoms with E-state index in [1.807, 2.05) is 52.8 Å². The van der Waals surface area contributed by atoms with Crippen LogP contribution in [0.25, 0.3) is 11.0 Å². The van der Waals surface area contributed by atoms with E-state index in [0.29, 0.717) is 49.7 Å². The molecule has 0 bridgehead atoms. The normalized spacial score (nSPS) is 19.4. The predicted molar refractivity (Wildman–Crippen MR) is 121 cm³/mol. The van der Waals surface area contributed by atoms with E-state index < -0.39 is 5.60 Å². The second kappa shape index (κ2) is 9.28. The van der Waals surface area contributed by atoms with Crippen LogP contribution in [0.15, 0.2) is 48.8 Å². The van der Waals surface area contributed by atoms with E-state index in [4.69, 9.17) is 16.3 Å². The standard InChI is InChI=1S/C24H28ClN3O3/c1-18-7-8-19(25)22(15-18)31-16-24(30)10-4-12-27(14-11-24)23(29)9-13-28-17-26-20-5-2-3-6-21(20)28/h2-3,5-8,15,17,30H,4,9-14,16H2,1H3. The number of hydrogen-bond acceptors (Lipinski definition) is 4. The number of carbonyl (C=O) groups is 1. The van der Waals surface area contributed by atoms with Crippen LogP contribution in [0.1, 0.15) is 31.2 Å². The molecule has 0 spiro atoms. The molecule has 1 N–H and O–H groups in total. The summed E-state index contributed by atoms with van der Waals surface area (Å²) in [6.07, 6.45) is 4.00. The zero-order chi connectivity index (χ0) is 21.8. The SMILES string of the molecule is Cc1ccc(Cl)c(OCC2(O)CCCN(C(=O)CCn3cnc4ccccc43)CC2)c1. The number of aryl methyl sites for hydroxylation is 2. The first kappa shape index (κ1) is 21.7. The van der Waals surface area contributed by atoms with E-state index in [1.54, 1.807) is 12.4 Å². The molecular weight excluding hydrogens is 414 g/mol. The molecule has 4 rings (SSSR count). The molecule has 164 valence electrons. The Morgan fingerprint density at radius 2 is 2.06 bits per heavy atom. The number of para-hydroxylation sites is 2. The van der Waals surface area contributed by atoms with Crippen LogP contribution in [0.4, 0.5) is 0 Å². The minimum atomic E-state index is -0.970. The van der Waals surface area contributed by atoms with E-state index in [2.05, 4.69) is 4.98 Å². The fourth-order valence-electron chi connectivity index (χ4n) is 4.07. The number of benzene rings is 2. The average molecular weight is 442 g/mol. The third kappa shape index (κ3) is 5.20. The fourth-order valence-corrected chi connectivity index (χ4v) is 4.24. The van der Waals surface area contributed by atoms with Crippen molar-refractivity contribution in [3.8, 4) is 5.75 Å². The number of aromatic nitrogens is 2. The van der Waals surface area contributed by atoms with Crippen molar-refractivity contribution >= 4 is 28.5 Å². The van der Waals surface area contributed by atoms with E-state index in [0.717, 1.165) is 23.0 Å². The summed E-state index contributed by atoms with van der Waals surface area (Å²) < 4.78 is 7.87. The zero-order valence-electron chi connectivity index (χ0n) is 17.8. The molecule has 1 aliphatic rings. The van der Waals surface area contributed by atoms with Crippen molar-refractivity contribution < 1.29 is 14.6 Å². The molecule has 0 radical (unpaired) electrons. The van der Waals surface area contributed by atoms with Crippen molar-refractivity contribution in [2.75, 3.05) is 19.7 Å². The number of hydrogen-bond donors (Lipinski definition) is 1. The molecular formula is C24H28ClN3O3. The number of fused-ring (bicyclic) bond motifs is 1. The van der Waals surface area contributed by atoms with Crippen molar-refractivity contribution in [3.63, 3.8) is 0 Å². The Morgan fingerprint density at radius 1 is 1.23 bits per heavy atom. The second-order valence-electron chi connectivity index (χ2n) is 8.36. The number of halogens is 1. The third-order valence-electron chi connectivity index (χ3n) is 5.95. The van der Waals surface area contributed by atoms with Crippen LogP contribution >= 0.6 is 11.6 Å². The summed E-state index contributed by atoms with van der Waals surface area (Å²) in [5, 5.41) is 11.6. The highest BCUT2D eigenvalue weighted by molar-refractivity contribution is 6.32. The van der Waals surface area contributed by atoms with Crippen molar-refractivity contribution in [3.05, 3.63) is 59.4 Å². The lowest BCUT2D eigenvalue weighted by atomic mass is 9.96. The molecule has 0 aliphatic carbocycles. The fraction of sp³-hybridized carbons (Fsp3) is 0.417. The number of aliphatic hydroxyl groups is 1. The number of amides is 1. The monoisotopic (exact) mass is 441 g/mol. The third-order valence-corrected chi connectivity index (χ3v) is 6.26. The molecule has 1 unspecified atom stereocenters. The number of imidazole rings is 1. The zero-order valence-corrected chi connectivity index (χ0v) is 18.5. The van der Waals surface area contributed by atoms with E-state index >= 15 is 0 Å². The van der Waals surface area contributed by atoms with Crippen molar-refractivity contribution in [2.24, 2.45) is 0 Å². The summed E-state index contributed by atoms with van der Waals surface area (Å²) in [6.45, 7) is 3.90. The molecule has 1 saturated heterocycles. The van der Waals surface area contributed by atoms with Gasteiger partial charge in [0.15, 0.2) is 0 Å². The Balaban J connectivity index is 1.31. The average Bonchev–Trinajstić information content (AvgIpc) is 3.07. The van der Waals surface area contributed by atoms with Gasteiger partial charge in [0.05, 0.1) is 22.4 Å². The molecule has 1 amide bonds. The molecule has 1 atom stereocenters. The van der Waals surface area contributed by atoms with Gasteiger partial charge >= 0.3 is 0 Å². The van der Waals surface area contributed by atoms with Crippen LogP contribution in [0.5, 0.6) is 5.75 Å². The van der Waals surface area contributed by atoms with Gasteiger partial charge in [0.1, 0.15) is 18.0 Å². The summed E-state index contributed by atoms with van der Waals surface area (Å²) in [4.78, 5) is 19.1. The Labute approximate surface area is 187 Å². The van der Waals surface area contributed by atoms with Crippen molar-refractivity contribution in [2.45, 2.75) is 44.8 Å². The summed E-state index contributed by atoms with van der Waals surface area (Å²) in [5.41, 5.74) is 2.05. The minimum absolute atomic E-state index is 0.102. The minimum Gasteiger partial charge on any atom is -0.489 e. The molecule has 0 saturated carbocycles. The van der Waals surface area contributed by atoms with E-state index in [1.165, 1.54) is 0 Å². The summed E-state index contributed by atoms with van der Waals surface area (Å²) in [6, 6.07) is 13.5. The molecule has 3 aromatic rings. The van der Waals surface area contributed by atoms with Crippen molar-refractivity contribution in [1.82, 2.24) is 14.5 Å². The first-order chi connectivity index (χ1) is 14.9. The lowest BCUT2D eigenvalue weighted by molar-refractivity contribution is -0.131. The maximum atomic E-state index is 12.8. The van der Waals surface area contributed by atoms with Gasteiger partial charge in [0.2, 0.25) is 5.91 Å². The van der Waals surface area contributed by atoms with Gasteiger partial charge in [0.25, 0.3) is 0 Å². The van der Waals surface area contributed by atoms with Crippen LogP contribution in [-0.4, -0.2) is 50.8 Å². The first-order valence-corrected chi connectivity index (χ1v) is 11.1. The van der Waals surface area contributed by atoms with Gasteiger partial charge in [-0.2, -0.15) is 0 Å². The molecule has 2 aromatic carbocycles. The molecule has 2 heterocycles. The highest BCUT2D eigenvalue weighted by atomic mass is 35.5. The van der Waals surface area contributed by atoms with Gasteiger partial charge in [-0.15, -0.1) is 0 Å². The maximum absolute atomic E-state index is 12.8. The summed E-state index contributed by atoms with van der Waals surface area (Å²) in [5.74, 6) is 0.685. The smallest absolute Gasteiger partial charge is 0.224 e.